The van der Waals surface area contributed by atoms with E-state index in [2.05, 4.69) is 55.3 Å². The highest BCUT2D eigenvalue weighted by Crippen LogP contribution is 2.41. The third-order valence-corrected chi connectivity index (χ3v) is 8.86. The van der Waals surface area contributed by atoms with Crippen LogP contribution >= 0.6 is 0 Å². The van der Waals surface area contributed by atoms with E-state index in [9.17, 15) is 19.1 Å². The summed E-state index contributed by atoms with van der Waals surface area (Å²) >= 11 is 0. The van der Waals surface area contributed by atoms with Gasteiger partial charge < -0.3 is 25.0 Å². The van der Waals surface area contributed by atoms with Crippen LogP contribution in [0.25, 0.3) is 0 Å². The fourth-order valence-electron chi connectivity index (χ4n) is 6.81. The Labute approximate surface area is 250 Å². The molecule has 8 heteroatoms. The van der Waals surface area contributed by atoms with Crippen molar-refractivity contribution in [2.24, 2.45) is 11.8 Å². The summed E-state index contributed by atoms with van der Waals surface area (Å²) in [5.41, 5.74) is 1.71. The van der Waals surface area contributed by atoms with Crippen LogP contribution in [-0.2, 0) is 16.1 Å². The molecule has 42 heavy (non-hydrogen) atoms. The molecule has 4 rings (SSSR count). The van der Waals surface area contributed by atoms with Gasteiger partial charge in [-0.05, 0) is 67.9 Å². The number of aliphatic carboxylic acids is 1. The number of hydrogen-bond acceptors (Lipinski definition) is 5. The second-order valence-corrected chi connectivity index (χ2v) is 12.5. The third kappa shape index (κ3) is 8.77. The van der Waals surface area contributed by atoms with E-state index in [0.29, 0.717) is 36.3 Å². The Balaban J connectivity index is 1.35. The minimum atomic E-state index is -0.769. The number of ether oxygens (including phenoxy) is 1. The summed E-state index contributed by atoms with van der Waals surface area (Å²) in [6.45, 7) is 9.48. The number of amides is 1. The van der Waals surface area contributed by atoms with Crippen molar-refractivity contribution in [3.63, 3.8) is 0 Å². The van der Waals surface area contributed by atoms with Gasteiger partial charge in [0.2, 0.25) is 0 Å². The van der Waals surface area contributed by atoms with Gasteiger partial charge in [0.1, 0.15) is 18.5 Å². The summed E-state index contributed by atoms with van der Waals surface area (Å²) in [6.07, 6.45) is 4.71. The number of hydrogen-bond donors (Lipinski definition) is 2. The van der Waals surface area contributed by atoms with Gasteiger partial charge >= 0.3 is 12.1 Å². The molecule has 2 unspecified atom stereocenters. The van der Waals surface area contributed by atoms with Crippen LogP contribution in [0.15, 0.2) is 54.6 Å². The maximum atomic E-state index is 14.0. The van der Waals surface area contributed by atoms with Crippen LogP contribution in [0.2, 0.25) is 0 Å². The highest BCUT2D eigenvalue weighted by molar-refractivity contribution is 5.73. The second kappa shape index (κ2) is 15.5. The minimum absolute atomic E-state index is 0.0672. The van der Waals surface area contributed by atoms with E-state index in [1.54, 1.807) is 18.2 Å². The normalized spacial score (nSPS) is 22.3. The molecular formula is C34H48FN3O4. The van der Waals surface area contributed by atoms with Crippen molar-refractivity contribution < 1.29 is 23.8 Å². The first-order valence-electron chi connectivity index (χ1n) is 15.7. The number of carbonyl (C=O) groups is 2. The molecule has 1 heterocycles. The van der Waals surface area contributed by atoms with Crippen LogP contribution < -0.4 is 5.32 Å². The zero-order chi connectivity index (χ0) is 30.1. The fraction of sp³-hybridized carbons (Fsp3) is 0.588. The van der Waals surface area contributed by atoms with Crippen molar-refractivity contribution in [1.29, 1.82) is 0 Å². The standard InChI is InChI=1S/C34H48FN3O4/c1-4-16-38(34(41)42-23-26-12-8-9-13-31(26)35)29-14-17-37(18-15-29)22-27-20-28(36-32(33(39)40)19-24(2)3)21-30(27)25-10-6-5-7-11-25/h5-13,24,27-30,32,36H,4,14-23H2,1-3H3,(H,39,40)/t27-,28?,30-,32?/m1/s1. The number of nitrogens with one attached hydrogen (secondary N) is 1. The Hall–Kier alpha value is -2.97. The number of benzene rings is 2. The van der Waals surface area contributed by atoms with Gasteiger partial charge in [0, 0.05) is 43.8 Å². The molecule has 1 saturated heterocycles. The molecule has 1 amide bonds. The fourth-order valence-corrected chi connectivity index (χ4v) is 6.81. The van der Waals surface area contributed by atoms with Crippen molar-refractivity contribution >= 4 is 12.1 Å². The molecule has 2 aromatic rings. The average molecular weight is 582 g/mol. The van der Waals surface area contributed by atoms with Gasteiger partial charge in [-0.15, -0.1) is 0 Å². The highest BCUT2D eigenvalue weighted by atomic mass is 19.1. The number of halogens is 1. The average Bonchev–Trinajstić information content (AvgIpc) is 3.37. The van der Waals surface area contributed by atoms with Crippen LogP contribution in [-0.4, -0.2) is 71.3 Å². The van der Waals surface area contributed by atoms with Gasteiger partial charge in [0.05, 0.1) is 0 Å². The van der Waals surface area contributed by atoms with Crippen molar-refractivity contribution in [2.75, 3.05) is 26.2 Å². The molecule has 0 aromatic heterocycles. The van der Waals surface area contributed by atoms with Gasteiger partial charge in [-0.25, -0.2) is 9.18 Å². The molecule has 1 saturated carbocycles. The van der Waals surface area contributed by atoms with Crippen molar-refractivity contribution in [3.8, 4) is 0 Å². The molecule has 2 fully saturated rings. The van der Waals surface area contributed by atoms with E-state index >= 15 is 0 Å². The minimum Gasteiger partial charge on any atom is -0.480 e. The van der Waals surface area contributed by atoms with Gasteiger partial charge in [-0.2, -0.15) is 0 Å². The molecule has 4 atom stereocenters. The van der Waals surface area contributed by atoms with Gasteiger partial charge in [0.15, 0.2) is 0 Å². The molecule has 7 nitrogen and oxygen atoms in total. The third-order valence-electron chi connectivity index (χ3n) is 8.86. The van der Waals surface area contributed by atoms with Gasteiger partial charge in [-0.3, -0.25) is 4.79 Å². The Morgan fingerprint density at radius 2 is 1.76 bits per heavy atom. The number of likely N-dealkylation sites (tertiary alicyclic amines) is 1. The lowest BCUT2D eigenvalue weighted by Crippen LogP contribution is -2.48. The number of rotatable bonds is 13. The van der Waals surface area contributed by atoms with Gasteiger partial charge in [-0.1, -0.05) is 69.3 Å². The molecular weight excluding hydrogens is 533 g/mol. The Morgan fingerprint density at radius 1 is 1.07 bits per heavy atom. The summed E-state index contributed by atoms with van der Waals surface area (Å²) < 4.78 is 19.6. The molecule has 230 valence electrons. The SMILES string of the molecule is CCCN(C(=O)OCc1ccccc1F)C1CCN(C[C@H]2CC(NC(CC(C)C)C(=O)O)C[C@@H]2c2ccccc2)CC1. The van der Waals surface area contributed by atoms with E-state index in [0.717, 1.165) is 51.7 Å². The molecule has 2 aromatic carbocycles. The molecule has 2 aliphatic rings. The molecule has 0 radical (unpaired) electrons. The Bertz CT molecular complexity index is 1140. The van der Waals surface area contributed by atoms with E-state index in [-0.39, 0.29) is 30.6 Å². The predicted octanol–water partition coefficient (Wildman–Crippen LogP) is 6.29. The molecule has 0 spiro atoms. The maximum Gasteiger partial charge on any atom is 0.410 e. The van der Waals surface area contributed by atoms with Crippen molar-refractivity contribution in [1.82, 2.24) is 15.1 Å². The number of carboxylic acid groups (broad SMARTS) is 1. The lowest BCUT2D eigenvalue weighted by atomic mass is 9.88. The lowest BCUT2D eigenvalue weighted by Gasteiger charge is -2.39. The highest BCUT2D eigenvalue weighted by Gasteiger charge is 2.39. The predicted molar refractivity (Wildman–Crippen MR) is 163 cm³/mol. The molecule has 2 N–H and O–H groups in total. The van der Waals surface area contributed by atoms with Crippen LogP contribution in [0, 0.1) is 17.7 Å². The topological polar surface area (TPSA) is 82.1 Å². The largest absolute Gasteiger partial charge is 0.480 e. The Kier molecular flexibility index (Phi) is 11.8. The van der Waals surface area contributed by atoms with E-state index < -0.39 is 12.0 Å². The first-order chi connectivity index (χ1) is 20.2. The van der Waals surface area contributed by atoms with Gasteiger partial charge in [0.25, 0.3) is 0 Å². The quantitative estimate of drug-likeness (QED) is 0.289. The number of piperidine rings is 1. The summed E-state index contributed by atoms with van der Waals surface area (Å²) in [7, 11) is 0. The van der Waals surface area contributed by atoms with Crippen LogP contribution in [0.5, 0.6) is 0 Å². The van der Waals surface area contributed by atoms with E-state index in [1.807, 2.05) is 11.0 Å². The van der Waals surface area contributed by atoms with Crippen molar-refractivity contribution in [2.45, 2.75) is 89.9 Å². The zero-order valence-electron chi connectivity index (χ0n) is 25.4. The van der Waals surface area contributed by atoms with Crippen LogP contribution in [0.3, 0.4) is 0 Å². The number of carbonyl (C=O) groups excluding carboxylic acids is 1. The summed E-state index contributed by atoms with van der Waals surface area (Å²) in [6, 6.07) is 16.8. The smallest absolute Gasteiger partial charge is 0.410 e. The number of nitrogens with zero attached hydrogens (tertiary/aromatic N) is 2. The zero-order valence-corrected chi connectivity index (χ0v) is 25.4. The maximum absolute atomic E-state index is 14.0. The Morgan fingerprint density at radius 3 is 2.40 bits per heavy atom. The second-order valence-electron chi connectivity index (χ2n) is 12.5. The molecule has 1 aliphatic heterocycles. The lowest BCUT2D eigenvalue weighted by molar-refractivity contribution is -0.140. The molecule has 1 aliphatic carbocycles. The first kappa shape index (κ1) is 32.0. The van der Waals surface area contributed by atoms with E-state index in [4.69, 9.17) is 4.74 Å². The summed E-state index contributed by atoms with van der Waals surface area (Å²) in [5.74, 6) is -0.0230. The monoisotopic (exact) mass is 581 g/mol. The van der Waals surface area contributed by atoms with Crippen LogP contribution in [0.4, 0.5) is 9.18 Å². The molecule has 0 bridgehead atoms. The summed E-state index contributed by atoms with van der Waals surface area (Å²) in [5, 5.41) is 13.3. The number of carboxylic acids is 1. The summed E-state index contributed by atoms with van der Waals surface area (Å²) in [4.78, 5) is 29.3. The van der Waals surface area contributed by atoms with Crippen molar-refractivity contribution in [3.05, 3.63) is 71.5 Å². The van der Waals surface area contributed by atoms with E-state index in [1.165, 1.54) is 11.6 Å². The van der Waals surface area contributed by atoms with Crippen LogP contribution in [0.1, 0.15) is 76.3 Å². The first-order valence-corrected chi connectivity index (χ1v) is 15.7.